The number of hydrogen-bond acceptors (Lipinski definition) is 5. The average molecular weight is 361 g/mol. The lowest BCUT2D eigenvalue weighted by molar-refractivity contribution is -0.123. The highest BCUT2D eigenvalue weighted by molar-refractivity contribution is 7.14. The molecule has 2 aromatic rings. The molecule has 0 bridgehead atoms. The van der Waals surface area contributed by atoms with E-state index in [2.05, 4.69) is 12.2 Å². The molecular formula is C19H23NO4S. The van der Waals surface area contributed by atoms with E-state index in [0.29, 0.717) is 16.3 Å². The summed E-state index contributed by atoms with van der Waals surface area (Å²) in [6, 6.07) is 8.81. The Morgan fingerprint density at radius 2 is 1.92 bits per heavy atom. The Balaban J connectivity index is 1.95. The first-order valence-electron chi connectivity index (χ1n) is 8.19. The van der Waals surface area contributed by atoms with Gasteiger partial charge in [0.2, 0.25) is 0 Å². The summed E-state index contributed by atoms with van der Waals surface area (Å²) < 4.78 is 10.4. The molecule has 1 heterocycles. The number of ether oxygens (including phenoxy) is 2. The summed E-state index contributed by atoms with van der Waals surface area (Å²) in [5.74, 6) is -0.137. The molecule has 134 valence electrons. The number of benzene rings is 1. The van der Waals surface area contributed by atoms with Gasteiger partial charge in [-0.2, -0.15) is 0 Å². The number of nitrogens with one attached hydrogen (secondary N) is 1. The molecular weight excluding hydrogens is 338 g/mol. The van der Waals surface area contributed by atoms with Gasteiger partial charge in [-0.25, -0.2) is 4.79 Å². The summed E-state index contributed by atoms with van der Waals surface area (Å²) in [4.78, 5) is 26.1. The van der Waals surface area contributed by atoms with Crippen LogP contribution in [0.2, 0.25) is 0 Å². The minimum Gasteiger partial charge on any atom is -0.497 e. The zero-order valence-corrected chi connectivity index (χ0v) is 15.7. The molecule has 1 N–H and O–H groups in total. The molecule has 5 nitrogen and oxygen atoms in total. The molecule has 0 aliphatic heterocycles. The Morgan fingerprint density at radius 3 is 2.52 bits per heavy atom. The van der Waals surface area contributed by atoms with E-state index in [1.54, 1.807) is 38.3 Å². The summed E-state index contributed by atoms with van der Waals surface area (Å²) in [6.45, 7) is 5.65. The molecule has 2 rings (SSSR count). The van der Waals surface area contributed by atoms with Gasteiger partial charge in [0.05, 0.1) is 7.11 Å². The first kappa shape index (κ1) is 19.0. The van der Waals surface area contributed by atoms with E-state index in [1.165, 1.54) is 11.3 Å². The SMILES string of the molecule is CCCc1cc(C(=O)O[C@@H](C)C(=O)Nc2ccc(OC)cc2)sc1C. The number of rotatable bonds is 7. The molecule has 0 saturated carbocycles. The normalized spacial score (nSPS) is 11.7. The predicted molar refractivity (Wildman–Crippen MR) is 99.6 cm³/mol. The standard InChI is InChI=1S/C19H23NO4S/c1-5-6-14-11-17(25-13(14)3)19(22)24-12(2)18(21)20-15-7-9-16(23-4)10-8-15/h7-12H,5-6H2,1-4H3,(H,20,21)/t12-/m0/s1. The van der Waals surface area contributed by atoms with Crippen LogP contribution in [0, 0.1) is 6.92 Å². The average Bonchev–Trinajstić information content (AvgIpc) is 2.97. The van der Waals surface area contributed by atoms with Gasteiger partial charge in [0.25, 0.3) is 5.91 Å². The van der Waals surface area contributed by atoms with Crippen LogP contribution in [0.3, 0.4) is 0 Å². The van der Waals surface area contributed by atoms with Gasteiger partial charge < -0.3 is 14.8 Å². The lowest BCUT2D eigenvalue weighted by Gasteiger charge is -2.13. The fraction of sp³-hybridized carbons (Fsp3) is 0.368. The van der Waals surface area contributed by atoms with Crippen molar-refractivity contribution in [2.45, 2.75) is 39.7 Å². The first-order chi connectivity index (χ1) is 11.9. The zero-order chi connectivity index (χ0) is 18.4. The van der Waals surface area contributed by atoms with Crippen LogP contribution in [0.25, 0.3) is 0 Å². The zero-order valence-electron chi connectivity index (χ0n) is 14.9. The predicted octanol–water partition coefficient (Wildman–Crippen LogP) is 4.20. The van der Waals surface area contributed by atoms with Crippen molar-refractivity contribution in [2.75, 3.05) is 12.4 Å². The van der Waals surface area contributed by atoms with E-state index in [9.17, 15) is 9.59 Å². The molecule has 0 unspecified atom stereocenters. The van der Waals surface area contributed by atoms with Gasteiger partial charge in [0.15, 0.2) is 6.10 Å². The molecule has 0 aliphatic rings. The second-order valence-corrected chi connectivity index (χ2v) is 6.96. The maximum atomic E-state index is 12.3. The fourth-order valence-electron chi connectivity index (χ4n) is 2.33. The highest BCUT2D eigenvalue weighted by Crippen LogP contribution is 2.24. The number of anilines is 1. The summed E-state index contributed by atoms with van der Waals surface area (Å²) in [7, 11) is 1.58. The summed E-state index contributed by atoms with van der Waals surface area (Å²) in [5.41, 5.74) is 1.78. The van der Waals surface area contributed by atoms with Gasteiger partial charge in [-0.1, -0.05) is 13.3 Å². The number of methoxy groups -OCH3 is 1. The number of carbonyl (C=O) groups is 2. The molecule has 25 heavy (non-hydrogen) atoms. The van der Waals surface area contributed by atoms with Crippen LogP contribution in [-0.2, 0) is 16.0 Å². The van der Waals surface area contributed by atoms with Gasteiger partial charge in [-0.3, -0.25) is 4.79 Å². The smallest absolute Gasteiger partial charge is 0.349 e. The van der Waals surface area contributed by atoms with Crippen LogP contribution in [-0.4, -0.2) is 25.1 Å². The highest BCUT2D eigenvalue weighted by atomic mass is 32.1. The third-order valence-corrected chi connectivity index (χ3v) is 4.82. The number of hydrogen-bond donors (Lipinski definition) is 1. The van der Waals surface area contributed by atoms with Crippen LogP contribution < -0.4 is 10.1 Å². The molecule has 0 spiro atoms. The Bertz CT molecular complexity index is 736. The van der Waals surface area contributed by atoms with Gasteiger partial charge >= 0.3 is 5.97 Å². The maximum Gasteiger partial charge on any atom is 0.349 e. The van der Waals surface area contributed by atoms with E-state index in [-0.39, 0.29) is 5.91 Å². The Morgan fingerprint density at radius 1 is 1.24 bits per heavy atom. The third kappa shape index (κ3) is 5.06. The minimum absolute atomic E-state index is 0.374. The van der Waals surface area contributed by atoms with Crippen LogP contribution in [0.1, 0.15) is 40.4 Å². The van der Waals surface area contributed by atoms with E-state index < -0.39 is 12.1 Å². The third-order valence-electron chi connectivity index (χ3n) is 3.75. The Hall–Kier alpha value is -2.34. The van der Waals surface area contributed by atoms with Gasteiger partial charge in [0, 0.05) is 10.6 Å². The summed E-state index contributed by atoms with van der Waals surface area (Å²) >= 11 is 1.40. The largest absolute Gasteiger partial charge is 0.497 e. The van der Waals surface area contributed by atoms with Crippen molar-refractivity contribution in [3.63, 3.8) is 0 Å². The molecule has 1 amide bonds. The van der Waals surface area contributed by atoms with E-state index in [0.717, 1.165) is 23.3 Å². The van der Waals surface area contributed by atoms with Crippen molar-refractivity contribution in [2.24, 2.45) is 0 Å². The Labute approximate surface area is 152 Å². The molecule has 0 fully saturated rings. The van der Waals surface area contributed by atoms with Crippen molar-refractivity contribution >= 4 is 28.9 Å². The van der Waals surface area contributed by atoms with Crippen molar-refractivity contribution in [1.29, 1.82) is 0 Å². The summed E-state index contributed by atoms with van der Waals surface area (Å²) in [5, 5.41) is 2.72. The molecule has 1 aromatic heterocycles. The fourth-order valence-corrected chi connectivity index (χ4v) is 3.28. The van der Waals surface area contributed by atoms with Gasteiger partial charge in [-0.05, 0) is 56.2 Å². The van der Waals surface area contributed by atoms with E-state index in [4.69, 9.17) is 9.47 Å². The van der Waals surface area contributed by atoms with Crippen LogP contribution in [0.5, 0.6) is 5.75 Å². The molecule has 0 aliphatic carbocycles. The van der Waals surface area contributed by atoms with Gasteiger partial charge in [-0.15, -0.1) is 11.3 Å². The van der Waals surface area contributed by atoms with Crippen molar-refractivity contribution < 1.29 is 19.1 Å². The van der Waals surface area contributed by atoms with Crippen LogP contribution >= 0.6 is 11.3 Å². The first-order valence-corrected chi connectivity index (χ1v) is 9.01. The number of amides is 1. The second kappa shape index (κ2) is 8.67. The van der Waals surface area contributed by atoms with E-state index >= 15 is 0 Å². The topological polar surface area (TPSA) is 64.6 Å². The van der Waals surface area contributed by atoms with Crippen LogP contribution in [0.4, 0.5) is 5.69 Å². The summed E-state index contributed by atoms with van der Waals surface area (Å²) in [6.07, 6.45) is 1.07. The number of esters is 1. The maximum absolute atomic E-state index is 12.3. The van der Waals surface area contributed by atoms with Crippen molar-refractivity contribution in [3.05, 3.63) is 45.6 Å². The molecule has 1 atom stereocenters. The minimum atomic E-state index is -0.883. The van der Waals surface area contributed by atoms with Gasteiger partial charge in [0.1, 0.15) is 10.6 Å². The molecule has 0 radical (unpaired) electrons. The van der Waals surface area contributed by atoms with Crippen molar-refractivity contribution in [3.8, 4) is 5.75 Å². The second-order valence-electron chi connectivity index (χ2n) is 5.71. The number of thiophene rings is 1. The lowest BCUT2D eigenvalue weighted by Crippen LogP contribution is -2.29. The Kier molecular flexibility index (Phi) is 6.58. The quantitative estimate of drug-likeness (QED) is 0.751. The highest BCUT2D eigenvalue weighted by Gasteiger charge is 2.21. The monoisotopic (exact) mass is 361 g/mol. The molecule has 6 heteroatoms. The van der Waals surface area contributed by atoms with Crippen molar-refractivity contribution in [1.82, 2.24) is 0 Å². The number of aryl methyl sites for hydroxylation is 2. The van der Waals surface area contributed by atoms with Crippen LogP contribution in [0.15, 0.2) is 30.3 Å². The number of carbonyl (C=O) groups excluding carboxylic acids is 2. The van der Waals surface area contributed by atoms with E-state index in [1.807, 2.05) is 13.0 Å². The molecule has 0 saturated heterocycles. The molecule has 1 aromatic carbocycles. The lowest BCUT2D eigenvalue weighted by atomic mass is 10.1.